The van der Waals surface area contributed by atoms with Crippen molar-refractivity contribution in [2.24, 2.45) is 0 Å². The Hall–Kier alpha value is -2.08. The smallest absolute Gasteiger partial charge is 0.407 e. The summed E-state index contributed by atoms with van der Waals surface area (Å²) in [6.45, 7) is 10.1. The molecule has 28 heavy (non-hydrogen) atoms. The van der Waals surface area contributed by atoms with Crippen LogP contribution in [0.25, 0.3) is 10.5 Å². The summed E-state index contributed by atoms with van der Waals surface area (Å²) in [5, 5.41) is 20.1. The van der Waals surface area contributed by atoms with Crippen molar-refractivity contribution in [1.29, 1.82) is 0 Å². The van der Waals surface area contributed by atoms with E-state index in [-0.39, 0.29) is 16.8 Å². The first-order valence-corrected chi connectivity index (χ1v) is 9.00. The molecule has 0 radical (unpaired) electrons. The third-order valence-electron chi connectivity index (χ3n) is 5.51. The van der Waals surface area contributed by atoms with Gasteiger partial charge in [-0.15, -0.1) is 23.2 Å². The Morgan fingerprint density at radius 2 is 1.61 bits per heavy atom. The number of ether oxygens (including phenoxy) is 1. The maximum Gasteiger partial charge on any atom is 0.407 e. The van der Waals surface area contributed by atoms with Gasteiger partial charge in [0.25, 0.3) is 0 Å². The second-order valence-electron chi connectivity index (χ2n) is 7.16. The van der Waals surface area contributed by atoms with Crippen molar-refractivity contribution in [3.63, 3.8) is 0 Å². The molecule has 2 unspecified atom stereocenters. The van der Waals surface area contributed by atoms with E-state index in [4.69, 9.17) is 34.5 Å². The van der Waals surface area contributed by atoms with Crippen LogP contribution in [-0.2, 0) is 22.1 Å². The van der Waals surface area contributed by atoms with Crippen LogP contribution in [0.15, 0.2) is 18.2 Å². The van der Waals surface area contributed by atoms with Gasteiger partial charge in [-0.1, -0.05) is 6.07 Å². The lowest BCUT2D eigenvalue weighted by atomic mass is 9.79. The number of aromatic hydroxyl groups is 2. The molecule has 1 fully saturated rings. The van der Waals surface area contributed by atoms with Crippen molar-refractivity contribution < 1.29 is 28.1 Å². The van der Waals surface area contributed by atoms with Gasteiger partial charge in [-0.05, 0) is 26.0 Å². The predicted molar refractivity (Wildman–Crippen MR) is 95.4 cm³/mol. The highest BCUT2D eigenvalue weighted by Crippen LogP contribution is 2.66. The molecule has 2 aliphatic rings. The summed E-state index contributed by atoms with van der Waals surface area (Å²) in [4.78, 5) is 2.88. The minimum absolute atomic E-state index is 0.159. The molecule has 2 aromatic rings. The fourth-order valence-corrected chi connectivity index (χ4v) is 5.00. The number of halogens is 5. The topological polar surface area (TPSA) is 59.0 Å². The predicted octanol–water partition coefficient (Wildman–Crippen LogP) is 5.15. The van der Waals surface area contributed by atoms with Crippen LogP contribution in [0.2, 0.25) is 0 Å². The Morgan fingerprint density at radius 3 is 2.04 bits per heavy atom. The van der Waals surface area contributed by atoms with Crippen LogP contribution in [-0.4, -0.2) is 25.5 Å². The maximum atomic E-state index is 13.3. The number of hydrogen-bond donors (Lipinski definition) is 2. The fourth-order valence-electron chi connectivity index (χ4n) is 4.21. The van der Waals surface area contributed by atoms with E-state index >= 15 is 0 Å². The summed E-state index contributed by atoms with van der Waals surface area (Å²) in [6, 6.07) is 2.89. The second kappa shape index (κ2) is 5.50. The minimum Gasteiger partial charge on any atom is -0.494 e. The molecular weight excluding hydrogens is 420 g/mol. The monoisotopic (exact) mass is 432 g/mol. The lowest BCUT2D eigenvalue weighted by Gasteiger charge is -2.28. The molecule has 5 nitrogen and oxygen atoms in total. The normalized spacial score (nSPS) is 31.1. The van der Waals surface area contributed by atoms with Gasteiger partial charge in [0.15, 0.2) is 5.69 Å². The first-order valence-electron chi connectivity index (χ1n) is 8.13. The Balaban J connectivity index is 1.99. The van der Waals surface area contributed by atoms with Gasteiger partial charge in [0.2, 0.25) is 11.8 Å². The van der Waals surface area contributed by atoms with Crippen LogP contribution < -0.4 is 0 Å². The molecule has 1 saturated heterocycles. The molecule has 2 aliphatic heterocycles. The quantitative estimate of drug-likeness (QED) is 0.484. The summed E-state index contributed by atoms with van der Waals surface area (Å²) in [6.07, 6.45) is -4.78. The molecule has 2 N–H and O–H groups in total. The molecule has 2 bridgehead atoms. The van der Waals surface area contributed by atoms with E-state index in [1.54, 1.807) is 13.8 Å². The van der Waals surface area contributed by atoms with E-state index < -0.39 is 51.1 Å². The van der Waals surface area contributed by atoms with Crippen LogP contribution in [0.3, 0.4) is 0 Å². The van der Waals surface area contributed by atoms with E-state index in [0.717, 1.165) is 10.6 Å². The van der Waals surface area contributed by atoms with Crippen molar-refractivity contribution >= 4 is 28.9 Å². The first kappa shape index (κ1) is 19.2. The molecule has 4 rings (SSSR count). The van der Waals surface area contributed by atoms with Crippen molar-refractivity contribution in [3.8, 4) is 17.4 Å². The molecule has 0 amide bonds. The lowest BCUT2D eigenvalue weighted by Crippen LogP contribution is -2.38. The second-order valence-corrected chi connectivity index (χ2v) is 8.10. The fraction of sp³-hybridized carbons (Fsp3) is 0.389. The third-order valence-corrected chi connectivity index (χ3v) is 6.98. The summed E-state index contributed by atoms with van der Waals surface area (Å²) in [7, 11) is 0. The molecule has 10 heteroatoms. The molecule has 1 aromatic carbocycles. The Labute approximate surface area is 167 Å². The molecule has 0 aliphatic carbocycles. The number of fused-ring (bicyclic) bond motifs is 5. The number of rotatable bonds is 1. The summed E-state index contributed by atoms with van der Waals surface area (Å²) >= 11 is 12.8. The van der Waals surface area contributed by atoms with E-state index in [0.29, 0.717) is 6.07 Å². The Kier molecular flexibility index (Phi) is 3.78. The summed E-state index contributed by atoms with van der Waals surface area (Å²) < 4.78 is 46.8. The number of nitrogens with zero attached hydrogens (tertiary/aromatic N) is 2. The molecule has 0 saturated carbocycles. The average molecular weight is 433 g/mol. The average Bonchev–Trinajstić information content (AvgIpc) is 3.10. The van der Waals surface area contributed by atoms with Crippen molar-refractivity contribution in [1.82, 2.24) is 4.57 Å². The maximum absolute atomic E-state index is 13.3. The van der Waals surface area contributed by atoms with Crippen LogP contribution in [0.4, 0.5) is 18.9 Å². The standard InChI is InChI=1S/C18H13Cl2F3N2O3/c1-16-10-11(17(2,28-16)13(20)12(16)19)15(27)25(14(10)26)7-4-5-9(24-3)8(6-7)18(21,22)23/h4-6,12-13,26-27H,1-2H3/t12-,13-,16?,17?/m0/s1. The highest BCUT2D eigenvalue weighted by atomic mass is 35.5. The van der Waals surface area contributed by atoms with E-state index in [9.17, 15) is 23.4 Å². The Bertz CT molecular complexity index is 1020. The van der Waals surface area contributed by atoms with E-state index in [2.05, 4.69) is 4.85 Å². The van der Waals surface area contributed by atoms with E-state index in [1.165, 1.54) is 6.07 Å². The van der Waals surface area contributed by atoms with Crippen LogP contribution >= 0.6 is 23.2 Å². The van der Waals surface area contributed by atoms with Gasteiger partial charge in [-0.3, -0.25) is 4.57 Å². The zero-order chi connectivity index (χ0) is 20.8. The van der Waals surface area contributed by atoms with Crippen LogP contribution in [0.1, 0.15) is 30.5 Å². The van der Waals surface area contributed by atoms with Gasteiger partial charge in [-0.25, -0.2) is 4.85 Å². The van der Waals surface area contributed by atoms with Gasteiger partial charge < -0.3 is 14.9 Å². The van der Waals surface area contributed by atoms with Crippen molar-refractivity contribution in [2.75, 3.05) is 0 Å². The summed E-state index contributed by atoms with van der Waals surface area (Å²) in [5.41, 5.74) is -4.00. The largest absolute Gasteiger partial charge is 0.494 e. The van der Waals surface area contributed by atoms with Crippen LogP contribution in [0, 0.1) is 6.57 Å². The highest BCUT2D eigenvalue weighted by molar-refractivity contribution is 6.32. The first-order chi connectivity index (χ1) is 12.9. The molecule has 0 spiro atoms. The third kappa shape index (κ3) is 2.12. The number of aromatic nitrogens is 1. The number of benzene rings is 1. The zero-order valence-electron chi connectivity index (χ0n) is 14.5. The molecule has 148 valence electrons. The van der Waals surface area contributed by atoms with Gasteiger partial charge in [0, 0.05) is 0 Å². The van der Waals surface area contributed by atoms with Crippen LogP contribution in [0.5, 0.6) is 11.8 Å². The zero-order valence-corrected chi connectivity index (χ0v) is 16.0. The number of hydrogen-bond acceptors (Lipinski definition) is 3. The van der Waals surface area contributed by atoms with Gasteiger partial charge in [0.05, 0.1) is 39.7 Å². The number of alkyl halides is 5. The highest BCUT2D eigenvalue weighted by Gasteiger charge is 2.69. The van der Waals surface area contributed by atoms with Gasteiger partial charge in [0.1, 0.15) is 11.2 Å². The SMILES string of the molecule is [C-]#[N+]c1ccc(-n2c(O)c3c(c2O)C2(C)OC3(C)[C@@H](Cl)[C@@H]2Cl)cc1C(F)(F)F. The van der Waals surface area contributed by atoms with E-state index in [1.807, 2.05) is 0 Å². The van der Waals surface area contributed by atoms with Gasteiger partial charge in [-0.2, -0.15) is 13.2 Å². The minimum atomic E-state index is -4.78. The van der Waals surface area contributed by atoms with Crippen molar-refractivity contribution in [2.45, 2.75) is 42.0 Å². The molecular formula is C18H13Cl2F3N2O3. The molecule has 4 atom stereocenters. The molecule has 3 heterocycles. The Morgan fingerprint density at radius 1 is 1.11 bits per heavy atom. The molecule has 1 aromatic heterocycles. The van der Waals surface area contributed by atoms with Gasteiger partial charge >= 0.3 is 6.18 Å². The van der Waals surface area contributed by atoms with Crippen molar-refractivity contribution in [3.05, 3.63) is 46.3 Å². The summed E-state index contributed by atoms with van der Waals surface area (Å²) in [5.74, 6) is -0.978. The lowest BCUT2D eigenvalue weighted by molar-refractivity contribution is -0.136.